The minimum atomic E-state index is -3.75. The van der Waals surface area contributed by atoms with E-state index in [4.69, 9.17) is 34.8 Å². The zero-order valence-corrected chi connectivity index (χ0v) is 16.4. The first-order valence-electron chi connectivity index (χ1n) is 7.10. The van der Waals surface area contributed by atoms with Crippen LogP contribution in [0.15, 0.2) is 42.5 Å². The highest BCUT2D eigenvalue weighted by atomic mass is 35.5. The Hall–Kier alpha value is -1.47. The van der Waals surface area contributed by atoms with Crippen molar-refractivity contribution in [1.29, 1.82) is 0 Å². The van der Waals surface area contributed by atoms with Crippen molar-refractivity contribution in [2.45, 2.75) is 13.0 Å². The monoisotopic (exact) mass is 420 g/mol. The lowest BCUT2D eigenvalue weighted by Crippen LogP contribution is -2.45. The van der Waals surface area contributed by atoms with Gasteiger partial charge in [0.25, 0.3) is 0 Å². The molecule has 2 aromatic rings. The molecule has 0 fully saturated rings. The highest BCUT2D eigenvalue weighted by Crippen LogP contribution is 2.30. The number of halogens is 3. The number of hydrogen-bond acceptors (Lipinski definition) is 3. The molecule has 0 saturated carbocycles. The highest BCUT2D eigenvalue weighted by Gasteiger charge is 2.29. The van der Waals surface area contributed by atoms with Gasteiger partial charge in [-0.1, -0.05) is 40.9 Å². The summed E-state index contributed by atoms with van der Waals surface area (Å²) < 4.78 is 25.4. The Kier molecular flexibility index (Phi) is 6.21. The van der Waals surface area contributed by atoms with Crippen molar-refractivity contribution in [3.05, 3.63) is 57.5 Å². The van der Waals surface area contributed by atoms with Crippen LogP contribution in [0.3, 0.4) is 0 Å². The predicted molar refractivity (Wildman–Crippen MR) is 103 cm³/mol. The van der Waals surface area contributed by atoms with E-state index in [-0.39, 0.29) is 15.7 Å². The SMILES string of the molecule is CC(C(=O)Nc1cccc(Cl)c1)N(c1ccc(Cl)c(Cl)c1)S(C)(=O)=O. The van der Waals surface area contributed by atoms with E-state index in [0.29, 0.717) is 10.7 Å². The molecule has 0 aliphatic carbocycles. The molecule has 0 bridgehead atoms. The van der Waals surface area contributed by atoms with E-state index in [1.165, 1.54) is 25.1 Å². The molecule has 0 aromatic heterocycles. The summed E-state index contributed by atoms with van der Waals surface area (Å²) in [5.74, 6) is -0.515. The van der Waals surface area contributed by atoms with E-state index in [1.54, 1.807) is 24.3 Å². The fraction of sp³-hybridized carbons (Fsp3) is 0.188. The molecule has 5 nitrogen and oxygen atoms in total. The summed E-state index contributed by atoms with van der Waals surface area (Å²) in [4.78, 5) is 12.5. The molecule has 134 valence electrons. The van der Waals surface area contributed by atoms with Crippen LogP contribution in [0.2, 0.25) is 15.1 Å². The van der Waals surface area contributed by atoms with Crippen molar-refractivity contribution < 1.29 is 13.2 Å². The van der Waals surface area contributed by atoms with E-state index in [1.807, 2.05) is 0 Å². The lowest BCUT2D eigenvalue weighted by atomic mass is 10.2. The summed E-state index contributed by atoms with van der Waals surface area (Å²) in [6.07, 6.45) is 1.01. The number of amides is 1. The molecule has 9 heteroatoms. The van der Waals surface area contributed by atoms with Crippen molar-refractivity contribution in [3.63, 3.8) is 0 Å². The largest absolute Gasteiger partial charge is 0.324 e. The number of carbonyl (C=O) groups excluding carboxylic acids is 1. The minimum Gasteiger partial charge on any atom is -0.324 e. The molecule has 1 unspecified atom stereocenters. The third-order valence-corrected chi connectivity index (χ3v) is 5.55. The molecule has 25 heavy (non-hydrogen) atoms. The quantitative estimate of drug-likeness (QED) is 0.776. The number of benzene rings is 2. The van der Waals surface area contributed by atoms with E-state index < -0.39 is 22.0 Å². The average Bonchev–Trinajstić information content (AvgIpc) is 2.49. The first-order chi connectivity index (χ1) is 11.6. The van der Waals surface area contributed by atoms with Crippen molar-refractivity contribution in [2.24, 2.45) is 0 Å². The lowest BCUT2D eigenvalue weighted by Gasteiger charge is -2.28. The maximum Gasteiger partial charge on any atom is 0.247 e. The molecular formula is C16H15Cl3N2O3S. The zero-order valence-electron chi connectivity index (χ0n) is 13.3. The van der Waals surface area contributed by atoms with Gasteiger partial charge in [0.1, 0.15) is 6.04 Å². The van der Waals surface area contributed by atoms with Crippen molar-refractivity contribution in [2.75, 3.05) is 15.9 Å². The Morgan fingerprint density at radius 1 is 1.08 bits per heavy atom. The molecule has 0 radical (unpaired) electrons. The Bertz CT molecular complexity index is 903. The Morgan fingerprint density at radius 2 is 1.76 bits per heavy atom. The van der Waals surface area contributed by atoms with E-state index in [9.17, 15) is 13.2 Å². The second-order valence-corrected chi connectivity index (χ2v) is 8.44. The van der Waals surface area contributed by atoms with Gasteiger partial charge in [0.2, 0.25) is 15.9 Å². The highest BCUT2D eigenvalue weighted by molar-refractivity contribution is 7.92. The lowest BCUT2D eigenvalue weighted by molar-refractivity contribution is -0.116. The van der Waals surface area contributed by atoms with Crippen LogP contribution in [0.1, 0.15) is 6.92 Å². The van der Waals surface area contributed by atoms with Gasteiger partial charge in [-0.25, -0.2) is 8.42 Å². The summed E-state index contributed by atoms with van der Waals surface area (Å²) in [5, 5.41) is 3.57. The van der Waals surface area contributed by atoms with E-state index >= 15 is 0 Å². The standard InChI is InChI=1S/C16H15Cl3N2O3S/c1-10(16(22)20-12-5-3-4-11(17)8-12)21(25(2,23)24)13-6-7-14(18)15(19)9-13/h3-10H,1-2H3,(H,20,22). The van der Waals surface area contributed by atoms with Gasteiger partial charge in [0.05, 0.1) is 22.0 Å². The van der Waals surface area contributed by atoms with Gasteiger partial charge in [0.15, 0.2) is 0 Å². The Labute approximate surface area is 161 Å². The number of sulfonamides is 1. The van der Waals surface area contributed by atoms with Gasteiger partial charge in [-0.3, -0.25) is 9.10 Å². The predicted octanol–water partition coefficient (Wildman–Crippen LogP) is 4.44. The van der Waals surface area contributed by atoms with Crippen LogP contribution in [-0.4, -0.2) is 26.6 Å². The zero-order chi connectivity index (χ0) is 18.8. The van der Waals surface area contributed by atoms with Crippen LogP contribution in [0.25, 0.3) is 0 Å². The molecule has 1 amide bonds. The normalized spacial score (nSPS) is 12.5. The van der Waals surface area contributed by atoms with Crippen molar-refractivity contribution in [1.82, 2.24) is 0 Å². The molecule has 1 N–H and O–H groups in total. The number of nitrogens with zero attached hydrogens (tertiary/aromatic N) is 1. The van der Waals surface area contributed by atoms with Crippen molar-refractivity contribution in [3.8, 4) is 0 Å². The van der Waals surface area contributed by atoms with Gasteiger partial charge in [-0.2, -0.15) is 0 Å². The fourth-order valence-electron chi connectivity index (χ4n) is 2.24. The smallest absolute Gasteiger partial charge is 0.247 e. The molecule has 0 aliphatic rings. The van der Waals surface area contributed by atoms with E-state index in [0.717, 1.165) is 10.6 Å². The number of nitrogens with one attached hydrogen (secondary N) is 1. The summed E-state index contributed by atoms with van der Waals surface area (Å²) in [7, 11) is -3.75. The maximum absolute atomic E-state index is 12.5. The average molecular weight is 422 g/mol. The second kappa shape index (κ2) is 7.83. The molecule has 1 atom stereocenters. The Morgan fingerprint density at radius 3 is 2.32 bits per heavy atom. The topological polar surface area (TPSA) is 66.5 Å². The number of rotatable bonds is 5. The van der Waals surface area contributed by atoms with Gasteiger partial charge >= 0.3 is 0 Å². The minimum absolute atomic E-state index is 0.190. The molecule has 0 heterocycles. The summed E-state index contributed by atoms with van der Waals surface area (Å²) in [6, 6.07) is 9.89. The molecule has 0 aliphatic heterocycles. The number of anilines is 2. The Balaban J connectivity index is 2.34. The molecule has 2 rings (SSSR count). The van der Waals surface area contributed by atoms with Crippen LogP contribution in [-0.2, 0) is 14.8 Å². The van der Waals surface area contributed by atoms with Gasteiger partial charge in [-0.15, -0.1) is 0 Å². The fourth-order valence-corrected chi connectivity index (χ4v) is 3.89. The molecular weight excluding hydrogens is 407 g/mol. The first-order valence-corrected chi connectivity index (χ1v) is 10.1. The molecule has 2 aromatic carbocycles. The van der Waals surface area contributed by atoms with E-state index in [2.05, 4.69) is 5.32 Å². The molecule has 0 saturated heterocycles. The van der Waals surface area contributed by atoms with Gasteiger partial charge < -0.3 is 5.32 Å². The van der Waals surface area contributed by atoms with Gasteiger partial charge in [-0.05, 0) is 43.3 Å². The molecule has 0 spiro atoms. The van der Waals surface area contributed by atoms with Crippen LogP contribution in [0.5, 0.6) is 0 Å². The second-order valence-electron chi connectivity index (χ2n) is 5.33. The third kappa shape index (κ3) is 5.01. The number of hydrogen-bond donors (Lipinski definition) is 1. The van der Waals surface area contributed by atoms with Crippen LogP contribution < -0.4 is 9.62 Å². The van der Waals surface area contributed by atoms with Crippen LogP contribution in [0.4, 0.5) is 11.4 Å². The summed E-state index contributed by atoms with van der Waals surface area (Å²) in [6.45, 7) is 1.48. The van der Waals surface area contributed by atoms with Crippen LogP contribution >= 0.6 is 34.8 Å². The first kappa shape index (κ1) is 19.8. The van der Waals surface area contributed by atoms with Crippen molar-refractivity contribution >= 4 is 62.1 Å². The third-order valence-electron chi connectivity index (χ3n) is 3.34. The summed E-state index contributed by atoms with van der Waals surface area (Å²) in [5.41, 5.74) is 0.706. The van der Waals surface area contributed by atoms with Crippen LogP contribution in [0, 0.1) is 0 Å². The summed E-state index contributed by atoms with van der Waals surface area (Å²) >= 11 is 17.7. The van der Waals surface area contributed by atoms with Gasteiger partial charge in [0, 0.05) is 10.7 Å². The maximum atomic E-state index is 12.5. The number of carbonyl (C=O) groups is 1.